The molecule has 0 radical (unpaired) electrons. The minimum absolute atomic E-state index is 0.0577. The van der Waals surface area contributed by atoms with E-state index in [0.29, 0.717) is 53.8 Å². The molecule has 182 valence electrons. The smallest absolute Gasteiger partial charge is 0.255 e. The Morgan fingerprint density at radius 3 is 2.39 bits per heavy atom. The molecule has 1 amide bonds. The number of amides is 1. The summed E-state index contributed by atoms with van der Waals surface area (Å²) in [4.78, 5) is 34.1. The fraction of sp³-hybridized carbons (Fsp3) is 0.192. The molecule has 5 rings (SSSR count). The van der Waals surface area contributed by atoms with Crippen molar-refractivity contribution < 1.29 is 13.6 Å². The van der Waals surface area contributed by atoms with Crippen molar-refractivity contribution in [2.24, 2.45) is 0 Å². The van der Waals surface area contributed by atoms with Gasteiger partial charge in [0, 0.05) is 68.2 Å². The van der Waals surface area contributed by atoms with Crippen LogP contribution in [0.5, 0.6) is 0 Å². The van der Waals surface area contributed by atoms with Crippen molar-refractivity contribution in [1.82, 2.24) is 24.8 Å². The molecule has 3 aromatic heterocycles. The molecule has 1 aliphatic rings. The summed E-state index contributed by atoms with van der Waals surface area (Å²) < 4.78 is 28.2. The van der Waals surface area contributed by atoms with E-state index in [1.165, 1.54) is 18.3 Å². The van der Waals surface area contributed by atoms with Crippen LogP contribution in [0.15, 0.2) is 61.3 Å². The summed E-state index contributed by atoms with van der Waals surface area (Å²) in [5, 5.41) is 0.329. The SMILES string of the molecule is Cc1ccncc1C(=O)N1CCN(c2cnc(-c3ccc(F)cc3F)c(-c3ccncc3Cl)n2)CC1. The summed E-state index contributed by atoms with van der Waals surface area (Å²) >= 11 is 6.40. The Morgan fingerprint density at radius 2 is 1.67 bits per heavy atom. The van der Waals surface area contributed by atoms with Gasteiger partial charge in [0.15, 0.2) is 0 Å². The summed E-state index contributed by atoms with van der Waals surface area (Å²) in [6, 6.07) is 6.80. The van der Waals surface area contributed by atoms with Crippen molar-refractivity contribution in [2.45, 2.75) is 6.92 Å². The van der Waals surface area contributed by atoms with E-state index in [2.05, 4.69) is 15.0 Å². The molecule has 1 aromatic carbocycles. The van der Waals surface area contributed by atoms with Crippen LogP contribution in [-0.4, -0.2) is 56.9 Å². The van der Waals surface area contributed by atoms with Crippen LogP contribution >= 0.6 is 11.6 Å². The van der Waals surface area contributed by atoms with Crippen molar-refractivity contribution in [2.75, 3.05) is 31.1 Å². The molecule has 0 unspecified atom stereocenters. The zero-order valence-corrected chi connectivity index (χ0v) is 20.1. The van der Waals surface area contributed by atoms with Crippen LogP contribution in [0.2, 0.25) is 5.02 Å². The van der Waals surface area contributed by atoms with Gasteiger partial charge in [0.05, 0.1) is 22.5 Å². The molecule has 0 N–H and O–H groups in total. The Hall–Kier alpha value is -3.98. The Kier molecular flexibility index (Phi) is 6.56. The molecular formula is C26H21ClF2N6O. The molecule has 0 aliphatic carbocycles. The topological polar surface area (TPSA) is 75.1 Å². The van der Waals surface area contributed by atoms with Crippen LogP contribution in [0.4, 0.5) is 14.6 Å². The van der Waals surface area contributed by atoms with Gasteiger partial charge in [-0.3, -0.25) is 14.8 Å². The van der Waals surface area contributed by atoms with E-state index >= 15 is 0 Å². The Labute approximate surface area is 211 Å². The standard InChI is InChI=1S/C26H21ClF2N6O/c1-16-4-6-30-13-20(16)26(36)35-10-8-34(9-11-35)23-15-32-24(19-3-2-17(28)12-22(19)29)25(33-23)18-5-7-31-14-21(18)27/h2-7,12-15H,8-11H2,1H3. The molecule has 0 bridgehead atoms. The van der Waals surface area contributed by atoms with Crippen molar-refractivity contribution in [1.29, 1.82) is 0 Å². The molecular weight excluding hydrogens is 486 g/mol. The first-order chi connectivity index (χ1) is 17.4. The van der Waals surface area contributed by atoms with Gasteiger partial charge in [0.25, 0.3) is 5.91 Å². The van der Waals surface area contributed by atoms with Gasteiger partial charge in [-0.1, -0.05) is 11.6 Å². The number of halogens is 3. The number of hydrogen-bond acceptors (Lipinski definition) is 6. The molecule has 7 nitrogen and oxygen atoms in total. The molecule has 1 saturated heterocycles. The van der Waals surface area contributed by atoms with E-state index in [9.17, 15) is 13.6 Å². The molecule has 0 spiro atoms. The van der Waals surface area contributed by atoms with E-state index in [0.717, 1.165) is 11.6 Å². The lowest BCUT2D eigenvalue weighted by Crippen LogP contribution is -2.49. The number of carbonyl (C=O) groups is 1. The van der Waals surface area contributed by atoms with Crippen molar-refractivity contribution >= 4 is 23.3 Å². The highest BCUT2D eigenvalue weighted by atomic mass is 35.5. The van der Waals surface area contributed by atoms with Crippen LogP contribution in [0, 0.1) is 18.6 Å². The summed E-state index contributed by atoms with van der Waals surface area (Å²) in [7, 11) is 0. The number of aromatic nitrogens is 4. The minimum atomic E-state index is -0.749. The summed E-state index contributed by atoms with van der Waals surface area (Å²) in [5.74, 6) is -0.925. The van der Waals surface area contributed by atoms with Crippen molar-refractivity contribution in [3.63, 3.8) is 0 Å². The predicted molar refractivity (Wildman–Crippen MR) is 133 cm³/mol. The van der Waals surface area contributed by atoms with Crippen LogP contribution in [0.3, 0.4) is 0 Å². The number of nitrogens with zero attached hydrogens (tertiary/aromatic N) is 6. The molecule has 36 heavy (non-hydrogen) atoms. The highest BCUT2D eigenvalue weighted by Crippen LogP contribution is 2.35. The Balaban J connectivity index is 1.45. The van der Waals surface area contributed by atoms with Gasteiger partial charge in [0.2, 0.25) is 0 Å². The number of carbonyl (C=O) groups excluding carboxylic acids is 1. The third kappa shape index (κ3) is 4.61. The number of benzene rings is 1. The maximum absolute atomic E-state index is 14.7. The molecule has 4 aromatic rings. The van der Waals surface area contributed by atoms with Crippen LogP contribution in [0.25, 0.3) is 22.5 Å². The normalized spacial score (nSPS) is 13.7. The van der Waals surface area contributed by atoms with Gasteiger partial charge in [0.1, 0.15) is 23.1 Å². The van der Waals surface area contributed by atoms with Crippen LogP contribution in [0.1, 0.15) is 15.9 Å². The van der Waals surface area contributed by atoms with Gasteiger partial charge < -0.3 is 9.80 Å². The minimum Gasteiger partial charge on any atom is -0.352 e. The molecule has 10 heteroatoms. The van der Waals surface area contributed by atoms with Gasteiger partial charge in [-0.2, -0.15) is 0 Å². The largest absolute Gasteiger partial charge is 0.352 e. The number of aryl methyl sites for hydroxylation is 1. The highest BCUT2D eigenvalue weighted by Gasteiger charge is 2.26. The summed E-state index contributed by atoms with van der Waals surface area (Å²) in [6.07, 6.45) is 7.84. The van der Waals surface area contributed by atoms with Gasteiger partial charge in [-0.25, -0.2) is 18.7 Å². The van der Waals surface area contributed by atoms with Crippen LogP contribution in [-0.2, 0) is 0 Å². The van der Waals surface area contributed by atoms with E-state index < -0.39 is 11.6 Å². The fourth-order valence-corrected chi connectivity index (χ4v) is 4.37. The van der Waals surface area contributed by atoms with Gasteiger partial charge in [-0.15, -0.1) is 0 Å². The average molecular weight is 507 g/mol. The molecule has 4 heterocycles. The zero-order valence-electron chi connectivity index (χ0n) is 19.3. The number of rotatable bonds is 4. The Bertz CT molecular complexity index is 1440. The second kappa shape index (κ2) is 9.94. The second-order valence-corrected chi connectivity index (χ2v) is 8.78. The maximum Gasteiger partial charge on any atom is 0.255 e. The molecule has 0 atom stereocenters. The van der Waals surface area contributed by atoms with E-state index in [-0.39, 0.29) is 17.2 Å². The lowest BCUT2D eigenvalue weighted by atomic mass is 10.0. The van der Waals surface area contributed by atoms with Crippen molar-refractivity contribution in [3.05, 3.63) is 89.1 Å². The Morgan fingerprint density at radius 1 is 0.917 bits per heavy atom. The first-order valence-electron chi connectivity index (χ1n) is 11.3. The molecule has 0 saturated carbocycles. The van der Waals surface area contributed by atoms with Crippen LogP contribution < -0.4 is 4.90 Å². The average Bonchev–Trinajstić information content (AvgIpc) is 2.89. The number of hydrogen-bond donors (Lipinski definition) is 0. The monoisotopic (exact) mass is 506 g/mol. The lowest BCUT2D eigenvalue weighted by molar-refractivity contribution is 0.0745. The first kappa shape index (κ1) is 23.7. The molecule has 1 fully saturated rings. The highest BCUT2D eigenvalue weighted by molar-refractivity contribution is 6.33. The predicted octanol–water partition coefficient (Wildman–Crippen LogP) is 4.80. The van der Waals surface area contributed by atoms with E-state index in [1.807, 2.05) is 17.9 Å². The lowest BCUT2D eigenvalue weighted by Gasteiger charge is -2.35. The number of pyridine rings is 2. The number of anilines is 1. The van der Waals surface area contributed by atoms with Gasteiger partial charge >= 0.3 is 0 Å². The number of piperazine rings is 1. The van der Waals surface area contributed by atoms with E-state index in [1.54, 1.807) is 35.8 Å². The molecule has 1 aliphatic heterocycles. The summed E-state index contributed by atoms with van der Waals surface area (Å²) in [5.41, 5.74) is 2.71. The fourth-order valence-electron chi connectivity index (χ4n) is 4.16. The quantitative estimate of drug-likeness (QED) is 0.396. The summed E-state index contributed by atoms with van der Waals surface area (Å²) in [6.45, 7) is 3.95. The third-order valence-corrected chi connectivity index (χ3v) is 6.44. The van der Waals surface area contributed by atoms with E-state index in [4.69, 9.17) is 16.6 Å². The van der Waals surface area contributed by atoms with Gasteiger partial charge in [-0.05, 0) is 36.8 Å². The zero-order chi connectivity index (χ0) is 25.2. The second-order valence-electron chi connectivity index (χ2n) is 8.37. The third-order valence-electron chi connectivity index (χ3n) is 6.13. The first-order valence-corrected chi connectivity index (χ1v) is 11.7. The van der Waals surface area contributed by atoms with Crippen molar-refractivity contribution in [3.8, 4) is 22.5 Å². The maximum atomic E-state index is 14.7.